The van der Waals surface area contributed by atoms with Gasteiger partial charge < -0.3 is 8.37 Å². The summed E-state index contributed by atoms with van der Waals surface area (Å²) in [4.78, 5) is 0. The molecule has 0 spiro atoms. The zero-order valence-corrected chi connectivity index (χ0v) is 17.5. The minimum absolute atomic E-state index is 0.0183. The molecule has 0 heterocycles. The maximum Gasteiger partial charge on any atom is 0.534 e. The van der Waals surface area contributed by atoms with Crippen molar-refractivity contribution in [2.75, 3.05) is 0 Å². The van der Waals surface area contributed by atoms with Gasteiger partial charge >= 0.3 is 31.3 Å². The van der Waals surface area contributed by atoms with Gasteiger partial charge in [0.15, 0.2) is 0 Å². The van der Waals surface area contributed by atoms with Gasteiger partial charge in [0.25, 0.3) is 0 Å². The fourth-order valence-electron chi connectivity index (χ4n) is 2.97. The van der Waals surface area contributed by atoms with Crippen molar-refractivity contribution in [1.29, 1.82) is 0 Å². The molecular formula is C18H14F6O6S2. The summed E-state index contributed by atoms with van der Waals surface area (Å²) in [5, 5.41) is 0. The zero-order chi connectivity index (χ0) is 23.9. The van der Waals surface area contributed by atoms with Gasteiger partial charge in [-0.3, -0.25) is 0 Å². The van der Waals surface area contributed by atoms with Crippen molar-refractivity contribution in [1.82, 2.24) is 0 Å². The Labute approximate surface area is 179 Å². The van der Waals surface area contributed by atoms with Crippen LogP contribution in [0.3, 0.4) is 0 Å². The van der Waals surface area contributed by atoms with Crippen molar-refractivity contribution in [2.45, 2.75) is 36.7 Å². The van der Waals surface area contributed by atoms with Gasteiger partial charge in [0, 0.05) is 0 Å². The third-order valence-electron chi connectivity index (χ3n) is 4.60. The summed E-state index contributed by atoms with van der Waals surface area (Å²) in [5.41, 5.74) is -10.4. The number of benzene rings is 2. The molecule has 32 heavy (non-hydrogen) atoms. The molecule has 2 aromatic rings. The minimum atomic E-state index is -5.91. The van der Waals surface area contributed by atoms with Crippen LogP contribution in [0.1, 0.15) is 22.3 Å². The van der Waals surface area contributed by atoms with Crippen LogP contribution in [0.2, 0.25) is 0 Å². The van der Waals surface area contributed by atoms with E-state index in [0.29, 0.717) is 11.1 Å². The van der Waals surface area contributed by atoms with E-state index < -0.39 is 42.8 Å². The summed E-state index contributed by atoms with van der Waals surface area (Å²) >= 11 is 0. The Morgan fingerprint density at radius 1 is 0.594 bits per heavy atom. The fourth-order valence-corrected chi connectivity index (χ4v) is 3.94. The van der Waals surface area contributed by atoms with E-state index in [1.165, 1.54) is 24.3 Å². The molecule has 0 fully saturated rings. The first-order valence-electron chi connectivity index (χ1n) is 8.84. The second-order valence-electron chi connectivity index (χ2n) is 6.85. The van der Waals surface area contributed by atoms with E-state index in [2.05, 4.69) is 8.37 Å². The number of rotatable bonds is 4. The lowest BCUT2D eigenvalue weighted by atomic mass is 9.95. The van der Waals surface area contributed by atoms with E-state index in [-0.39, 0.29) is 36.8 Å². The molecule has 0 atom stereocenters. The first-order valence-corrected chi connectivity index (χ1v) is 11.7. The number of hydrogen-bond acceptors (Lipinski definition) is 6. The molecule has 6 rings (SSSR count). The van der Waals surface area contributed by atoms with Gasteiger partial charge in [-0.15, -0.1) is 0 Å². The predicted molar refractivity (Wildman–Crippen MR) is 98.9 cm³/mol. The molecule has 0 unspecified atom stereocenters. The van der Waals surface area contributed by atoms with Crippen LogP contribution in [0.15, 0.2) is 36.4 Å². The molecule has 4 aliphatic rings. The zero-order valence-electron chi connectivity index (χ0n) is 15.8. The molecule has 0 amide bonds. The molecule has 14 heteroatoms. The standard InChI is InChI=1S/C18H14F6O6S2/c19-17(20,21)31(25,26)29-15-9-11-1-5-13(15)8-4-12-2-6-14(7-3-11)16(10-12)30-32(27,28)18(22,23)24/h1-2,5-6,9-10H,3-4,7-8H2. The van der Waals surface area contributed by atoms with Crippen LogP contribution < -0.4 is 8.37 Å². The second kappa shape index (κ2) is 8.14. The van der Waals surface area contributed by atoms with E-state index in [1.807, 2.05) is 0 Å². The van der Waals surface area contributed by atoms with Gasteiger partial charge in [-0.05, 0) is 60.1 Å². The average Bonchev–Trinajstić information content (AvgIpc) is 2.62. The number of hydrogen-bond donors (Lipinski definition) is 0. The summed E-state index contributed by atoms with van der Waals surface area (Å²) in [6, 6.07) is 8.00. The van der Waals surface area contributed by atoms with Crippen LogP contribution >= 0.6 is 0 Å². The average molecular weight is 504 g/mol. The van der Waals surface area contributed by atoms with E-state index >= 15 is 0 Å². The number of alkyl halides is 6. The van der Waals surface area contributed by atoms with Gasteiger partial charge in [0.05, 0.1) is 0 Å². The van der Waals surface area contributed by atoms with Crippen LogP contribution in [-0.4, -0.2) is 27.9 Å². The van der Waals surface area contributed by atoms with Crippen molar-refractivity contribution in [3.05, 3.63) is 58.7 Å². The first-order chi connectivity index (χ1) is 14.6. The summed E-state index contributed by atoms with van der Waals surface area (Å²) in [5.74, 6) is -1.02. The maximum absolute atomic E-state index is 12.7. The topological polar surface area (TPSA) is 86.7 Å². The smallest absolute Gasteiger partial charge is 0.376 e. The molecule has 4 aliphatic carbocycles. The molecular weight excluding hydrogens is 490 g/mol. The molecule has 6 nitrogen and oxygen atoms in total. The van der Waals surface area contributed by atoms with E-state index in [1.54, 1.807) is 0 Å². The summed E-state index contributed by atoms with van der Waals surface area (Å²) in [6.45, 7) is 0. The Morgan fingerprint density at radius 3 is 1.25 bits per heavy atom. The lowest BCUT2D eigenvalue weighted by Crippen LogP contribution is -2.28. The largest absolute Gasteiger partial charge is 0.534 e. The number of aryl methyl sites for hydroxylation is 4. The van der Waals surface area contributed by atoms with Crippen LogP contribution in [-0.2, 0) is 45.9 Å². The summed E-state index contributed by atoms with van der Waals surface area (Å²) < 4.78 is 131. The molecule has 0 aromatic heterocycles. The summed E-state index contributed by atoms with van der Waals surface area (Å²) in [6.07, 6.45) is -0.0590. The highest BCUT2D eigenvalue weighted by Crippen LogP contribution is 2.34. The number of halogens is 6. The third kappa shape index (κ3) is 5.11. The van der Waals surface area contributed by atoms with Gasteiger partial charge in [0.1, 0.15) is 11.5 Å². The molecule has 2 aromatic carbocycles. The predicted octanol–water partition coefficient (Wildman–Crippen LogP) is 4.03. The lowest BCUT2D eigenvalue weighted by molar-refractivity contribution is -0.0505. The Balaban J connectivity index is 1.97. The molecule has 176 valence electrons. The molecule has 0 N–H and O–H groups in total. The monoisotopic (exact) mass is 504 g/mol. The fraction of sp³-hybridized carbons (Fsp3) is 0.333. The highest BCUT2D eigenvalue weighted by Gasteiger charge is 2.49. The highest BCUT2D eigenvalue weighted by molar-refractivity contribution is 7.88. The van der Waals surface area contributed by atoms with E-state index in [0.717, 1.165) is 12.1 Å². The van der Waals surface area contributed by atoms with Crippen molar-refractivity contribution in [2.24, 2.45) is 0 Å². The molecule has 0 saturated carbocycles. The van der Waals surface area contributed by atoms with Crippen molar-refractivity contribution >= 4 is 20.2 Å². The van der Waals surface area contributed by atoms with Gasteiger partial charge in [0.2, 0.25) is 0 Å². The van der Waals surface area contributed by atoms with Crippen molar-refractivity contribution in [3.63, 3.8) is 0 Å². The Hall–Kier alpha value is -2.48. The second-order valence-corrected chi connectivity index (χ2v) is 9.93. The van der Waals surface area contributed by atoms with Gasteiger partial charge in [-0.25, -0.2) is 0 Å². The van der Waals surface area contributed by atoms with Crippen molar-refractivity contribution in [3.8, 4) is 11.5 Å². The van der Waals surface area contributed by atoms with Crippen LogP contribution in [0.4, 0.5) is 26.3 Å². The Kier molecular flexibility index (Phi) is 6.15. The quantitative estimate of drug-likeness (QED) is 0.355. The Bertz CT molecular complexity index is 1140. The maximum atomic E-state index is 12.7. The SMILES string of the molecule is O=S(=O)(Oc1cc2ccc1CCc1ccc(c(OS(=O)(=O)C(F)(F)F)c1)CC2)C(F)(F)F. The van der Waals surface area contributed by atoms with E-state index in [9.17, 15) is 43.2 Å². The lowest BCUT2D eigenvalue weighted by Gasteiger charge is -2.18. The molecule has 4 bridgehead atoms. The molecule has 0 radical (unpaired) electrons. The van der Waals surface area contributed by atoms with Crippen LogP contribution in [0, 0.1) is 0 Å². The summed E-state index contributed by atoms with van der Waals surface area (Å²) in [7, 11) is -11.8. The Morgan fingerprint density at radius 2 is 0.938 bits per heavy atom. The van der Waals surface area contributed by atoms with Crippen LogP contribution in [0.25, 0.3) is 0 Å². The molecule has 0 aliphatic heterocycles. The highest BCUT2D eigenvalue weighted by atomic mass is 32.2. The molecule has 0 saturated heterocycles. The van der Waals surface area contributed by atoms with Crippen molar-refractivity contribution < 1.29 is 51.5 Å². The normalized spacial score (nSPS) is 15.2. The van der Waals surface area contributed by atoms with Crippen LogP contribution in [0.5, 0.6) is 11.5 Å². The third-order valence-corrected chi connectivity index (χ3v) is 6.53. The van der Waals surface area contributed by atoms with E-state index in [4.69, 9.17) is 0 Å². The van der Waals surface area contributed by atoms with Gasteiger partial charge in [-0.1, -0.05) is 24.3 Å². The van der Waals surface area contributed by atoms with Gasteiger partial charge in [-0.2, -0.15) is 43.2 Å². The first kappa shape index (κ1) is 24.2. The minimum Gasteiger partial charge on any atom is -0.376 e.